The Bertz CT molecular complexity index is 672. The summed E-state index contributed by atoms with van der Waals surface area (Å²) in [4.78, 5) is 26.9. The molecule has 1 aromatic rings. The number of nitrogens with zero attached hydrogens (tertiary/aromatic N) is 1. The summed E-state index contributed by atoms with van der Waals surface area (Å²) in [5.41, 5.74) is 0.0505. The summed E-state index contributed by atoms with van der Waals surface area (Å²) in [7, 11) is 0. The van der Waals surface area contributed by atoms with Gasteiger partial charge < -0.3 is 20.3 Å². The van der Waals surface area contributed by atoms with Gasteiger partial charge in [-0.15, -0.1) is 12.4 Å². The molecule has 28 heavy (non-hydrogen) atoms. The molecule has 2 N–H and O–H groups in total. The van der Waals surface area contributed by atoms with Gasteiger partial charge in [0, 0.05) is 13.1 Å². The van der Waals surface area contributed by atoms with E-state index in [1.165, 1.54) is 23.1 Å². The lowest BCUT2D eigenvalue weighted by molar-refractivity contribution is -0.124. The van der Waals surface area contributed by atoms with Crippen LogP contribution >= 0.6 is 12.4 Å². The van der Waals surface area contributed by atoms with Gasteiger partial charge in [0.1, 0.15) is 11.8 Å². The monoisotopic (exact) mass is 417 g/mol. The number of hydrogen-bond acceptors (Lipinski definition) is 4. The number of para-hydroxylation sites is 1. The molecule has 0 spiro atoms. The van der Waals surface area contributed by atoms with Crippen LogP contribution in [0.1, 0.15) is 36.0 Å². The van der Waals surface area contributed by atoms with Crippen LogP contribution in [-0.4, -0.2) is 55.5 Å². The molecule has 2 aliphatic heterocycles. The van der Waals surface area contributed by atoms with E-state index in [-0.39, 0.29) is 29.6 Å². The van der Waals surface area contributed by atoms with E-state index in [9.17, 15) is 18.4 Å². The van der Waals surface area contributed by atoms with Gasteiger partial charge in [0.25, 0.3) is 5.91 Å². The fraction of sp³-hybridized carbons (Fsp3) is 0.579. The summed E-state index contributed by atoms with van der Waals surface area (Å²) in [6, 6.07) is 5.33. The van der Waals surface area contributed by atoms with Gasteiger partial charge in [0.15, 0.2) is 0 Å². The zero-order valence-corrected chi connectivity index (χ0v) is 16.4. The van der Waals surface area contributed by atoms with E-state index in [0.717, 1.165) is 25.9 Å². The van der Waals surface area contributed by atoms with Gasteiger partial charge in [-0.05, 0) is 56.8 Å². The number of alkyl halides is 2. The molecule has 0 bridgehead atoms. The Balaban J connectivity index is 0.00000280. The highest BCUT2D eigenvalue weighted by Crippen LogP contribution is 2.26. The molecule has 156 valence electrons. The highest BCUT2D eigenvalue weighted by molar-refractivity contribution is 6.00. The first kappa shape index (κ1) is 22.4. The van der Waals surface area contributed by atoms with E-state index in [0.29, 0.717) is 31.8 Å². The molecule has 2 aliphatic rings. The summed E-state index contributed by atoms with van der Waals surface area (Å²) < 4.78 is 29.7. The van der Waals surface area contributed by atoms with Crippen molar-refractivity contribution in [2.24, 2.45) is 5.92 Å². The highest BCUT2D eigenvalue weighted by atomic mass is 35.5. The normalized spacial score (nSPS) is 21.5. The molecular formula is C19H26ClF2N3O3. The number of rotatable bonds is 7. The lowest BCUT2D eigenvalue weighted by atomic mass is 10.1. The van der Waals surface area contributed by atoms with Gasteiger partial charge in [-0.2, -0.15) is 8.78 Å². The number of carbonyl (C=O) groups is 2. The Kier molecular flexibility index (Phi) is 8.44. The smallest absolute Gasteiger partial charge is 0.387 e. The second kappa shape index (κ2) is 10.6. The zero-order chi connectivity index (χ0) is 19.2. The molecule has 0 aliphatic carbocycles. The van der Waals surface area contributed by atoms with Crippen molar-refractivity contribution in [1.82, 2.24) is 15.5 Å². The fourth-order valence-corrected chi connectivity index (χ4v) is 3.76. The van der Waals surface area contributed by atoms with Crippen LogP contribution < -0.4 is 15.4 Å². The van der Waals surface area contributed by atoms with Crippen LogP contribution in [0.2, 0.25) is 0 Å². The van der Waals surface area contributed by atoms with Crippen molar-refractivity contribution in [3.63, 3.8) is 0 Å². The molecule has 2 atom stereocenters. The van der Waals surface area contributed by atoms with E-state index in [1.807, 2.05) is 0 Å². The number of likely N-dealkylation sites (tertiary alicyclic amines) is 1. The third-order valence-electron chi connectivity index (χ3n) is 5.16. The van der Waals surface area contributed by atoms with E-state index in [1.54, 1.807) is 6.07 Å². The first-order chi connectivity index (χ1) is 13.1. The number of ether oxygens (including phenoxy) is 1. The van der Waals surface area contributed by atoms with Crippen LogP contribution in [0.5, 0.6) is 5.75 Å². The molecule has 9 heteroatoms. The molecule has 2 saturated heterocycles. The second-order valence-electron chi connectivity index (χ2n) is 6.97. The molecule has 1 aromatic carbocycles. The molecule has 0 radical (unpaired) electrons. The molecule has 0 aromatic heterocycles. The van der Waals surface area contributed by atoms with Gasteiger partial charge in [0.05, 0.1) is 5.56 Å². The Morgan fingerprint density at radius 2 is 2.07 bits per heavy atom. The Morgan fingerprint density at radius 1 is 1.29 bits per heavy atom. The van der Waals surface area contributed by atoms with Crippen LogP contribution in [0.25, 0.3) is 0 Å². The molecule has 6 nitrogen and oxygen atoms in total. The van der Waals surface area contributed by atoms with Crippen LogP contribution in [0.15, 0.2) is 24.3 Å². The van der Waals surface area contributed by atoms with Crippen molar-refractivity contribution < 1.29 is 23.1 Å². The first-order valence-electron chi connectivity index (χ1n) is 9.39. The number of carbonyl (C=O) groups excluding carboxylic acids is 2. The number of benzene rings is 1. The Labute approximate surface area is 169 Å². The standard InChI is InChI=1S/C19H25F2N3O3.ClH/c20-19(21)27-16-6-2-1-4-14(16)18(26)24-11-3-5-15(24)17(25)23-10-8-13-7-9-22-12-13;/h1-2,4,6,13,15,19,22H,3,5,7-12H2,(H,23,25);1H. The van der Waals surface area contributed by atoms with Gasteiger partial charge >= 0.3 is 6.61 Å². The molecule has 0 saturated carbocycles. The number of halogens is 3. The van der Waals surface area contributed by atoms with Gasteiger partial charge in [-0.1, -0.05) is 12.1 Å². The lowest BCUT2D eigenvalue weighted by Crippen LogP contribution is -2.46. The maximum Gasteiger partial charge on any atom is 0.387 e. The van der Waals surface area contributed by atoms with Crippen molar-refractivity contribution in [3.8, 4) is 5.75 Å². The summed E-state index contributed by atoms with van der Waals surface area (Å²) in [5, 5.41) is 6.22. The molecule has 3 rings (SSSR count). The van der Waals surface area contributed by atoms with Gasteiger partial charge in [-0.3, -0.25) is 9.59 Å². The Hall–Kier alpha value is -1.93. The minimum Gasteiger partial charge on any atom is -0.434 e. The quantitative estimate of drug-likeness (QED) is 0.714. The summed E-state index contributed by atoms with van der Waals surface area (Å²) in [6.45, 7) is -0.0166. The van der Waals surface area contributed by atoms with E-state index in [4.69, 9.17) is 0 Å². The van der Waals surface area contributed by atoms with Crippen LogP contribution in [-0.2, 0) is 4.79 Å². The minimum atomic E-state index is -3.01. The average Bonchev–Trinajstić information content (AvgIpc) is 3.33. The van der Waals surface area contributed by atoms with Crippen molar-refractivity contribution in [3.05, 3.63) is 29.8 Å². The van der Waals surface area contributed by atoms with Crippen LogP contribution in [0.4, 0.5) is 8.78 Å². The first-order valence-corrected chi connectivity index (χ1v) is 9.39. The van der Waals surface area contributed by atoms with E-state index >= 15 is 0 Å². The molecule has 2 amide bonds. The number of nitrogens with one attached hydrogen (secondary N) is 2. The van der Waals surface area contributed by atoms with Crippen LogP contribution in [0, 0.1) is 5.92 Å². The molecule has 2 unspecified atom stereocenters. The third-order valence-corrected chi connectivity index (χ3v) is 5.16. The molecule has 2 fully saturated rings. The van der Waals surface area contributed by atoms with Crippen molar-refractivity contribution in [2.45, 2.75) is 38.3 Å². The Morgan fingerprint density at radius 3 is 2.79 bits per heavy atom. The van der Waals surface area contributed by atoms with E-state index < -0.39 is 18.6 Å². The second-order valence-corrected chi connectivity index (χ2v) is 6.97. The van der Waals surface area contributed by atoms with Crippen molar-refractivity contribution in [1.29, 1.82) is 0 Å². The maximum absolute atomic E-state index is 12.9. The number of amides is 2. The fourth-order valence-electron chi connectivity index (χ4n) is 3.76. The summed E-state index contributed by atoms with van der Waals surface area (Å²) >= 11 is 0. The predicted molar refractivity (Wildman–Crippen MR) is 103 cm³/mol. The SMILES string of the molecule is Cl.O=C(NCCC1CCNC1)C1CCCN1C(=O)c1ccccc1OC(F)F. The number of hydrogen-bond donors (Lipinski definition) is 2. The predicted octanol–water partition coefficient (Wildman–Crippen LogP) is 2.43. The molecular weight excluding hydrogens is 392 g/mol. The van der Waals surface area contributed by atoms with Crippen molar-refractivity contribution in [2.75, 3.05) is 26.2 Å². The third kappa shape index (κ3) is 5.54. The average molecular weight is 418 g/mol. The van der Waals surface area contributed by atoms with E-state index in [2.05, 4.69) is 15.4 Å². The zero-order valence-electron chi connectivity index (χ0n) is 15.5. The maximum atomic E-state index is 12.9. The molecule has 2 heterocycles. The summed E-state index contributed by atoms with van der Waals surface area (Å²) in [6.07, 6.45) is 3.30. The van der Waals surface area contributed by atoms with Gasteiger partial charge in [0.2, 0.25) is 5.91 Å². The summed E-state index contributed by atoms with van der Waals surface area (Å²) in [5.74, 6) is -0.231. The minimum absolute atomic E-state index is 0. The van der Waals surface area contributed by atoms with Crippen molar-refractivity contribution >= 4 is 24.2 Å². The highest BCUT2D eigenvalue weighted by Gasteiger charge is 2.35. The lowest BCUT2D eigenvalue weighted by Gasteiger charge is -2.25. The topological polar surface area (TPSA) is 70.7 Å². The van der Waals surface area contributed by atoms with Gasteiger partial charge in [-0.25, -0.2) is 0 Å². The van der Waals surface area contributed by atoms with Crippen LogP contribution in [0.3, 0.4) is 0 Å². The largest absolute Gasteiger partial charge is 0.434 e.